The molecule has 2 heterocycles. The van der Waals surface area contributed by atoms with Crippen LogP contribution in [0, 0.1) is 0 Å². The van der Waals surface area contributed by atoms with Crippen LogP contribution in [0.4, 0.5) is 0 Å². The minimum Gasteiger partial charge on any atom is -0.349 e. The molecule has 0 aliphatic heterocycles. The predicted molar refractivity (Wildman–Crippen MR) is 92.9 cm³/mol. The van der Waals surface area contributed by atoms with Crippen LogP contribution in [0.3, 0.4) is 0 Å². The van der Waals surface area contributed by atoms with Gasteiger partial charge in [-0.2, -0.15) is 0 Å². The fourth-order valence-electron chi connectivity index (χ4n) is 3.53. The van der Waals surface area contributed by atoms with Crippen molar-refractivity contribution in [3.63, 3.8) is 0 Å². The fourth-order valence-corrected chi connectivity index (χ4v) is 3.53. The van der Waals surface area contributed by atoms with Crippen LogP contribution in [-0.4, -0.2) is 30.7 Å². The summed E-state index contributed by atoms with van der Waals surface area (Å²) in [6, 6.07) is 5.02. The zero-order chi connectivity index (χ0) is 17.7. The van der Waals surface area contributed by atoms with Crippen LogP contribution in [0.2, 0.25) is 0 Å². The first kappa shape index (κ1) is 15.6. The molecule has 8 heteroatoms. The molecular formula is C17H19N5O3. The van der Waals surface area contributed by atoms with E-state index in [1.54, 1.807) is 25.2 Å². The molecule has 1 aliphatic rings. The number of amides is 1. The van der Waals surface area contributed by atoms with Crippen LogP contribution >= 0.6 is 0 Å². The summed E-state index contributed by atoms with van der Waals surface area (Å²) in [5.74, 6) is 0.0675. The van der Waals surface area contributed by atoms with Crippen LogP contribution in [-0.2, 0) is 14.1 Å². The molecule has 4 rings (SSSR count). The van der Waals surface area contributed by atoms with Crippen molar-refractivity contribution < 1.29 is 4.79 Å². The Morgan fingerprint density at radius 3 is 2.64 bits per heavy atom. The summed E-state index contributed by atoms with van der Waals surface area (Å²) in [4.78, 5) is 37.5. The molecule has 3 aromatic rings. The fraction of sp³-hybridized carbons (Fsp3) is 0.412. The lowest BCUT2D eigenvalue weighted by atomic mass is 10.1. The molecule has 0 bridgehead atoms. The minimum absolute atomic E-state index is 0.181. The summed E-state index contributed by atoms with van der Waals surface area (Å²) >= 11 is 0. The molecule has 0 saturated heterocycles. The Morgan fingerprint density at radius 2 is 1.92 bits per heavy atom. The molecule has 1 N–H and O–H groups in total. The van der Waals surface area contributed by atoms with Gasteiger partial charge in [-0.3, -0.25) is 14.2 Å². The molecule has 130 valence electrons. The van der Waals surface area contributed by atoms with Crippen molar-refractivity contribution in [2.24, 2.45) is 14.1 Å². The topological polar surface area (TPSA) is 90.4 Å². The Labute approximate surface area is 142 Å². The third-order valence-electron chi connectivity index (χ3n) is 4.93. The van der Waals surface area contributed by atoms with Crippen molar-refractivity contribution in [1.82, 2.24) is 24.1 Å². The van der Waals surface area contributed by atoms with Crippen molar-refractivity contribution in [2.75, 3.05) is 0 Å². The van der Waals surface area contributed by atoms with Gasteiger partial charge in [0.2, 0.25) is 5.78 Å². The van der Waals surface area contributed by atoms with E-state index in [1.165, 1.54) is 20.7 Å². The van der Waals surface area contributed by atoms with Gasteiger partial charge >= 0.3 is 5.69 Å². The highest BCUT2D eigenvalue weighted by Crippen LogP contribution is 2.19. The summed E-state index contributed by atoms with van der Waals surface area (Å²) in [6.07, 6.45) is 4.24. The van der Waals surface area contributed by atoms with Crippen molar-refractivity contribution in [3.8, 4) is 0 Å². The van der Waals surface area contributed by atoms with E-state index in [-0.39, 0.29) is 29.0 Å². The van der Waals surface area contributed by atoms with E-state index in [0.29, 0.717) is 16.5 Å². The number of nitrogens with zero attached hydrogens (tertiary/aromatic N) is 4. The lowest BCUT2D eigenvalue weighted by molar-refractivity contribution is 0.0938. The Hall–Kier alpha value is -2.90. The third kappa shape index (κ3) is 2.36. The first-order chi connectivity index (χ1) is 12.0. The molecule has 8 nitrogen and oxygen atoms in total. The van der Waals surface area contributed by atoms with E-state index in [9.17, 15) is 14.4 Å². The number of fused-ring (bicyclic) bond motifs is 3. The molecular weight excluding hydrogens is 322 g/mol. The van der Waals surface area contributed by atoms with Crippen molar-refractivity contribution >= 4 is 22.6 Å². The number of carbonyl (C=O) groups is 1. The molecule has 1 amide bonds. The maximum Gasteiger partial charge on any atom is 0.351 e. The van der Waals surface area contributed by atoms with Gasteiger partial charge in [0.15, 0.2) is 0 Å². The number of benzene rings is 1. The molecule has 1 aliphatic carbocycles. The quantitative estimate of drug-likeness (QED) is 0.737. The van der Waals surface area contributed by atoms with Gasteiger partial charge < -0.3 is 5.32 Å². The number of aromatic nitrogens is 4. The number of rotatable bonds is 2. The number of aryl methyl sites for hydroxylation is 2. The molecule has 2 aromatic heterocycles. The second kappa shape index (κ2) is 5.58. The van der Waals surface area contributed by atoms with Gasteiger partial charge in [0.1, 0.15) is 0 Å². The summed E-state index contributed by atoms with van der Waals surface area (Å²) in [7, 11) is 3.10. The summed E-state index contributed by atoms with van der Waals surface area (Å²) in [5, 5.41) is 7.51. The number of hydrogen-bond donors (Lipinski definition) is 1. The maximum absolute atomic E-state index is 12.5. The second-order valence-corrected chi connectivity index (χ2v) is 6.59. The van der Waals surface area contributed by atoms with E-state index < -0.39 is 0 Å². The number of hydrogen-bond acceptors (Lipinski definition) is 4. The molecule has 25 heavy (non-hydrogen) atoms. The van der Waals surface area contributed by atoms with E-state index in [2.05, 4.69) is 10.4 Å². The molecule has 1 saturated carbocycles. The van der Waals surface area contributed by atoms with Crippen LogP contribution in [0.5, 0.6) is 0 Å². The van der Waals surface area contributed by atoms with Gasteiger partial charge in [0, 0.05) is 25.7 Å². The van der Waals surface area contributed by atoms with E-state index in [4.69, 9.17) is 0 Å². The lowest BCUT2D eigenvalue weighted by Gasteiger charge is -2.12. The van der Waals surface area contributed by atoms with Gasteiger partial charge in [-0.05, 0) is 31.0 Å². The predicted octanol–water partition coefficient (Wildman–Crippen LogP) is 0.557. The van der Waals surface area contributed by atoms with Crippen molar-refractivity contribution in [1.29, 1.82) is 0 Å². The number of carbonyl (C=O) groups excluding carboxylic acids is 1. The standard InChI is InChI=1S/C17H19N5O3/c1-20-15(24)12-8-7-10(14(23)18-11-5-3-4-6-11)9-13(12)22-16(20)19-21(2)17(22)25/h7-9,11H,3-6H2,1-2H3,(H,18,23). The first-order valence-corrected chi connectivity index (χ1v) is 8.37. The highest BCUT2D eigenvalue weighted by Gasteiger charge is 2.20. The Kier molecular flexibility index (Phi) is 3.48. The Morgan fingerprint density at radius 1 is 1.20 bits per heavy atom. The zero-order valence-electron chi connectivity index (χ0n) is 14.2. The van der Waals surface area contributed by atoms with Crippen molar-refractivity contribution in [3.05, 3.63) is 44.6 Å². The smallest absolute Gasteiger partial charge is 0.349 e. The van der Waals surface area contributed by atoms with Crippen molar-refractivity contribution in [2.45, 2.75) is 31.7 Å². The summed E-state index contributed by atoms with van der Waals surface area (Å²) in [5.41, 5.74) is 0.222. The van der Waals surface area contributed by atoms with E-state index >= 15 is 0 Å². The van der Waals surface area contributed by atoms with Crippen LogP contribution in [0.1, 0.15) is 36.0 Å². The Bertz CT molecular complexity index is 1120. The maximum atomic E-state index is 12.5. The molecule has 0 unspecified atom stereocenters. The zero-order valence-corrected chi connectivity index (χ0v) is 14.2. The molecule has 1 aromatic carbocycles. The monoisotopic (exact) mass is 341 g/mol. The first-order valence-electron chi connectivity index (χ1n) is 8.37. The van der Waals surface area contributed by atoms with Crippen LogP contribution in [0.25, 0.3) is 16.7 Å². The summed E-state index contributed by atoms with van der Waals surface area (Å²) in [6.45, 7) is 0. The van der Waals surface area contributed by atoms with Crippen LogP contribution < -0.4 is 16.6 Å². The van der Waals surface area contributed by atoms with Gasteiger partial charge in [-0.15, -0.1) is 5.10 Å². The highest BCUT2D eigenvalue weighted by molar-refractivity contribution is 5.98. The largest absolute Gasteiger partial charge is 0.351 e. The molecule has 0 atom stereocenters. The average molecular weight is 341 g/mol. The van der Waals surface area contributed by atoms with Crippen LogP contribution in [0.15, 0.2) is 27.8 Å². The SMILES string of the molecule is Cn1nc2n(C)c(=O)c3ccc(C(=O)NC4CCCC4)cc3n2c1=O. The van der Waals surface area contributed by atoms with Gasteiger partial charge in [-0.1, -0.05) is 12.8 Å². The molecule has 0 radical (unpaired) electrons. The van der Waals surface area contributed by atoms with E-state index in [0.717, 1.165) is 25.7 Å². The normalized spacial score (nSPS) is 15.3. The molecule has 0 spiro atoms. The van der Waals surface area contributed by atoms with Gasteiger partial charge in [-0.25, -0.2) is 13.9 Å². The average Bonchev–Trinajstić information content (AvgIpc) is 3.21. The highest BCUT2D eigenvalue weighted by atomic mass is 16.2. The van der Waals surface area contributed by atoms with Gasteiger partial charge in [0.25, 0.3) is 11.5 Å². The minimum atomic E-state index is -0.357. The number of nitrogens with one attached hydrogen (secondary N) is 1. The second-order valence-electron chi connectivity index (χ2n) is 6.59. The lowest BCUT2D eigenvalue weighted by Crippen LogP contribution is -2.32. The third-order valence-corrected chi connectivity index (χ3v) is 4.93. The molecule has 1 fully saturated rings. The van der Waals surface area contributed by atoms with Gasteiger partial charge in [0.05, 0.1) is 10.9 Å². The van der Waals surface area contributed by atoms with E-state index in [1.807, 2.05) is 0 Å². The summed E-state index contributed by atoms with van der Waals surface area (Å²) < 4.78 is 3.88. The Balaban J connectivity index is 1.91.